The fourth-order valence-corrected chi connectivity index (χ4v) is 6.54. The second-order valence-electron chi connectivity index (χ2n) is 11.9. The number of carbonyl (C=O) groups excluding carboxylic acids is 4. The third-order valence-electron chi connectivity index (χ3n) is 8.33. The summed E-state index contributed by atoms with van der Waals surface area (Å²) in [7, 11) is 6.65. The van der Waals surface area contributed by atoms with Crippen molar-refractivity contribution in [2.75, 3.05) is 45.0 Å². The van der Waals surface area contributed by atoms with Crippen molar-refractivity contribution in [1.29, 1.82) is 0 Å². The van der Waals surface area contributed by atoms with Crippen molar-refractivity contribution in [3.05, 3.63) is 22.8 Å². The molecule has 2 saturated carbocycles. The van der Waals surface area contributed by atoms with Crippen molar-refractivity contribution in [1.82, 2.24) is 4.90 Å². The topological polar surface area (TPSA) is 203 Å². The smallest absolute Gasteiger partial charge is 0.411 e. The van der Waals surface area contributed by atoms with E-state index >= 15 is 0 Å². The molecule has 3 aliphatic carbocycles. The van der Waals surface area contributed by atoms with Gasteiger partial charge in [0, 0.05) is 37.3 Å². The molecule has 1 aromatic rings. The van der Waals surface area contributed by atoms with Gasteiger partial charge in [0.05, 0.1) is 24.0 Å². The van der Waals surface area contributed by atoms with Crippen LogP contribution in [0.2, 0.25) is 0 Å². The van der Waals surface area contributed by atoms with Crippen LogP contribution in [0.3, 0.4) is 0 Å². The summed E-state index contributed by atoms with van der Waals surface area (Å²) in [6.45, 7) is 3.85. The number of likely N-dealkylation sites (N-methyl/N-ethyl adjacent to an activating group) is 1. The number of aromatic hydroxyl groups is 1. The first-order valence-electron chi connectivity index (χ1n) is 13.4. The molecule has 2 amide bonds. The Morgan fingerprint density at radius 1 is 1.20 bits per heavy atom. The predicted octanol–water partition coefficient (Wildman–Crippen LogP) is 0.400. The van der Waals surface area contributed by atoms with Crippen molar-refractivity contribution in [2.24, 2.45) is 29.4 Å². The second-order valence-corrected chi connectivity index (χ2v) is 11.9. The number of hydrogen-bond acceptors (Lipinski definition) is 11. The van der Waals surface area contributed by atoms with Gasteiger partial charge in [-0.05, 0) is 50.4 Å². The van der Waals surface area contributed by atoms with E-state index in [0.717, 1.165) is 0 Å². The number of benzene rings is 1. The molecule has 6 atom stereocenters. The third-order valence-corrected chi connectivity index (χ3v) is 8.33. The van der Waals surface area contributed by atoms with Crippen LogP contribution in [0.25, 0.3) is 5.76 Å². The third kappa shape index (κ3) is 4.71. The van der Waals surface area contributed by atoms with E-state index in [0.29, 0.717) is 11.3 Å². The molecule has 41 heavy (non-hydrogen) atoms. The van der Waals surface area contributed by atoms with Crippen molar-refractivity contribution >= 4 is 40.7 Å². The van der Waals surface area contributed by atoms with Gasteiger partial charge in [0.2, 0.25) is 11.7 Å². The number of fused-ring (bicyclic) bond motifs is 3. The summed E-state index contributed by atoms with van der Waals surface area (Å²) < 4.78 is 5.15. The molecule has 1 aromatic carbocycles. The van der Waals surface area contributed by atoms with E-state index in [2.05, 4.69) is 5.32 Å². The van der Waals surface area contributed by atoms with Crippen molar-refractivity contribution in [3.63, 3.8) is 0 Å². The number of aliphatic hydroxyl groups excluding tert-OH is 2. The minimum absolute atomic E-state index is 0.00730. The summed E-state index contributed by atoms with van der Waals surface area (Å²) in [6.07, 6.45) is -2.25. The molecule has 2 fully saturated rings. The van der Waals surface area contributed by atoms with Crippen LogP contribution in [0.4, 0.5) is 16.2 Å². The number of nitrogens with one attached hydrogen (secondary N) is 1. The molecule has 0 aromatic heterocycles. The van der Waals surface area contributed by atoms with Gasteiger partial charge in [-0.15, -0.1) is 0 Å². The quantitative estimate of drug-likeness (QED) is 0.203. The first kappa shape index (κ1) is 30.3. The molecule has 0 bridgehead atoms. The molecule has 0 saturated heterocycles. The number of anilines is 2. The van der Waals surface area contributed by atoms with E-state index < -0.39 is 70.6 Å². The standard InChI is InChI=1S/C28H38N4O9/c1-11(2)10-41-27(39)30-15-9-16(31(3)4)13-7-12-8-14-20(32(5)6)23(35)19(26(29)38)25(37)28(14,40)24(36)17(12)22(34)18(13)21(15)33/h9,11-12,14,19-20,23,33-35,40H,7-8,10H2,1-6H3,(H2,29,38)(H,30,39)/t12-,14-,19?,20-,23?,28-/m0/s1. The van der Waals surface area contributed by atoms with Gasteiger partial charge in [0.25, 0.3) is 0 Å². The first-order chi connectivity index (χ1) is 19.0. The number of hydrogen-bond donors (Lipinski definition) is 6. The van der Waals surface area contributed by atoms with Crippen LogP contribution < -0.4 is 16.0 Å². The monoisotopic (exact) mass is 574 g/mol. The molecule has 13 heteroatoms. The number of phenols is 1. The van der Waals surface area contributed by atoms with Gasteiger partial charge in [-0.1, -0.05) is 13.8 Å². The van der Waals surface area contributed by atoms with Gasteiger partial charge in [-0.2, -0.15) is 0 Å². The van der Waals surface area contributed by atoms with Crippen LogP contribution in [0.5, 0.6) is 5.75 Å². The number of primary amides is 1. The molecule has 224 valence electrons. The lowest BCUT2D eigenvalue weighted by Gasteiger charge is -2.53. The van der Waals surface area contributed by atoms with Crippen molar-refractivity contribution in [2.45, 2.75) is 44.4 Å². The lowest BCUT2D eigenvalue weighted by molar-refractivity contribution is -0.184. The van der Waals surface area contributed by atoms with E-state index in [-0.39, 0.29) is 42.2 Å². The second kappa shape index (κ2) is 10.6. The minimum Gasteiger partial charge on any atom is -0.507 e. The van der Waals surface area contributed by atoms with E-state index in [9.17, 15) is 39.6 Å². The fraction of sp³-hybridized carbons (Fsp3) is 0.571. The van der Waals surface area contributed by atoms with Gasteiger partial charge < -0.3 is 40.7 Å². The van der Waals surface area contributed by atoms with Gasteiger partial charge in [-0.3, -0.25) is 19.7 Å². The largest absolute Gasteiger partial charge is 0.507 e. The van der Waals surface area contributed by atoms with Crippen molar-refractivity contribution in [3.8, 4) is 5.75 Å². The van der Waals surface area contributed by atoms with Gasteiger partial charge in [-0.25, -0.2) is 4.79 Å². The van der Waals surface area contributed by atoms with Crippen LogP contribution in [-0.4, -0.2) is 101 Å². The van der Waals surface area contributed by atoms with Crippen LogP contribution in [-0.2, 0) is 25.5 Å². The zero-order valence-electron chi connectivity index (χ0n) is 24.0. The molecule has 13 nitrogen and oxygen atoms in total. The maximum atomic E-state index is 14.0. The van der Waals surface area contributed by atoms with Gasteiger partial charge in [0.1, 0.15) is 11.7 Å². The average molecular weight is 575 g/mol. The highest BCUT2D eigenvalue weighted by Crippen LogP contribution is 2.54. The Bertz CT molecular complexity index is 1340. The Morgan fingerprint density at radius 3 is 2.37 bits per heavy atom. The normalized spacial score (nSPS) is 29.2. The van der Waals surface area contributed by atoms with E-state index in [1.807, 2.05) is 13.8 Å². The molecule has 2 unspecified atom stereocenters. The Kier molecular flexibility index (Phi) is 7.84. The minimum atomic E-state index is -2.75. The number of nitrogens with two attached hydrogens (primary N) is 1. The number of carbonyl (C=O) groups is 4. The zero-order valence-corrected chi connectivity index (χ0v) is 24.0. The first-order valence-corrected chi connectivity index (χ1v) is 13.4. The highest BCUT2D eigenvalue weighted by Gasteiger charge is 2.67. The summed E-state index contributed by atoms with van der Waals surface area (Å²) in [4.78, 5) is 55.3. The molecule has 3 aliphatic rings. The molecule has 4 rings (SSSR count). The Hall–Kier alpha value is -3.68. The Labute approximate surface area is 237 Å². The van der Waals surface area contributed by atoms with Crippen LogP contribution in [0.15, 0.2) is 11.6 Å². The number of aliphatic hydroxyl groups is 3. The fourth-order valence-electron chi connectivity index (χ4n) is 6.54. The summed E-state index contributed by atoms with van der Waals surface area (Å²) in [5.41, 5.74) is 3.20. The van der Waals surface area contributed by atoms with Crippen LogP contribution >= 0.6 is 0 Å². The predicted molar refractivity (Wildman–Crippen MR) is 148 cm³/mol. The Balaban J connectivity index is 1.87. The lowest BCUT2D eigenvalue weighted by Crippen LogP contribution is -2.73. The number of Topliss-reactive ketones (excluding diaryl/α,β-unsaturated/α-hetero) is 2. The van der Waals surface area contributed by atoms with Crippen LogP contribution in [0, 0.1) is 23.7 Å². The number of ketones is 2. The van der Waals surface area contributed by atoms with E-state index in [1.165, 1.54) is 11.0 Å². The Morgan fingerprint density at radius 2 is 1.83 bits per heavy atom. The highest BCUT2D eigenvalue weighted by molar-refractivity contribution is 6.25. The van der Waals surface area contributed by atoms with Gasteiger partial charge in [0.15, 0.2) is 17.1 Å². The lowest BCUT2D eigenvalue weighted by atomic mass is 9.54. The van der Waals surface area contributed by atoms with E-state index in [1.54, 1.807) is 33.1 Å². The summed E-state index contributed by atoms with van der Waals surface area (Å²) >= 11 is 0. The molecule has 0 aliphatic heterocycles. The SMILES string of the molecule is CC(C)COC(=O)Nc1cc(N(C)C)c2c(c1O)C(O)=C1C(=O)[C@]3(O)C(=O)C(C(N)=O)C(O)[C@@H](N(C)C)[C@@H]3C[C@@H]1C2. The summed E-state index contributed by atoms with van der Waals surface area (Å²) in [5.74, 6) is -8.28. The zero-order chi connectivity index (χ0) is 30.7. The number of rotatable bonds is 6. The summed E-state index contributed by atoms with van der Waals surface area (Å²) in [5, 5.41) is 47.9. The number of ether oxygens (including phenoxy) is 1. The number of amides is 2. The maximum Gasteiger partial charge on any atom is 0.411 e. The molecule has 0 spiro atoms. The molecule has 7 N–H and O–H groups in total. The summed E-state index contributed by atoms with van der Waals surface area (Å²) in [6, 6.07) is 0.548. The number of phenolic OH excluding ortho intramolecular Hbond substituents is 1. The maximum absolute atomic E-state index is 14.0. The number of nitrogens with zero attached hydrogens (tertiary/aromatic N) is 2. The molecular formula is C28H38N4O9. The van der Waals surface area contributed by atoms with Crippen LogP contribution in [0.1, 0.15) is 31.4 Å². The van der Waals surface area contributed by atoms with Gasteiger partial charge >= 0.3 is 6.09 Å². The van der Waals surface area contributed by atoms with E-state index in [4.69, 9.17) is 10.5 Å². The average Bonchev–Trinajstić information content (AvgIpc) is 2.85. The molecule has 0 radical (unpaired) electrons. The van der Waals surface area contributed by atoms with Crippen molar-refractivity contribution < 1.29 is 44.3 Å². The highest BCUT2D eigenvalue weighted by atomic mass is 16.5. The molecule has 0 heterocycles. The molecular weight excluding hydrogens is 536 g/mol.